The highest BCUT2D eigenvalue weighted by Gasteiger charge is 2.59. The topological polar surface area (TPSA) is 65.0 Å². The molecule has 0 bridgehead atoms. The summed E-state index contributed by atoms with van der Waals surface area (Å²) in [6.07, 6.45) is 1.17. The van der Waals surface area contributed by atoms with Crippen LogP contribution < -0.4 is 5.32 Å². The smallest absolute Gasteiger partial charge is 0.317 e. The number of carbonyl (C=O) groups is 1. The summed E-state index contributed by atoms with van der Waals surface area (Å²) < 4.78 is 5.33. The normalized spacial score (nSPS) is 33.3. The van der Waals surface area contributed by atoms with Crippen LogP contribution in [0.4, 0.5) is 4.79 Å². The highest BCUT2D eigenvalue weighted by molar-refractivity contribution is 5.74. The van der Waals surface area contributed by atoms with Crippen LogP contribution in [0.3, 0.4) is 0 Å². The van der Waals surface area contributed by atoms with Gasteiger partial charge in [-0.25, -0.2) is 4.79 Å². The Balaban J connectivity index is 1.40. The fraction of sp³-hybridized carbons (Fsp3) is 0.682. The maximum absolute atomic E-state index is 12.6. The van der Waals surface area contributed by atoms with Gasteiger partial charge < -0.3 is 20.1 Å². The number of hydrogen-bond acceptors (Lipinski definition) is 4. The van der Waals surface area contributed by atoms with E-state index in [1.807, 2.05) is 0 Å². The van der Waals surface area contributed by atoms with Gasteiger partial charge in [0.25, 0.3) is 0 Å². The number of hydrogen-bond donors (Lipinski definition) is 2. The van der Waals surface area contributed by atoms with Gasteiger partial charge in [-0.3, -0.25) is 4.90 Å². The van der Waals surface area contributed by atoms with Gasteiger partial charge in [0.05, 0.1) is 25.4 Å². The van der Waals surface area contributed by atoms with Gasteiger partial charge in [0.1, 0.15) is 0 Å². The van der Waals surface area contributed by atoms with E-state index >= 15 is 0 Å². The van der Waals surface area contributed by atoms with Crippen LogP contribution in [-0.4, -0.2) is 72.0 Å². The Morgan fingerprint density at radius 2 is 1.96 bits per heavy atom. The summed E-state index contributed by atoms with van der Waals surface area (Å²) in [5.74, 6) is 0.512. The SMILES string of the molecule is CC(C)C1N(Cc2ccccc2)CC12C[C@@H](O)[C@H](NC(=O)N1CCOCC1)C2. The van der Waals surface area contributed by atoms with E-state index in [1.165, 1.54) is 5.56 Å². The Morgan fingerprint density at radius 1 is 1.25 bits per heavy atom. The van der Waals surface area contributed by atoms with E-state index < -0.39 is 6.10 Å². The first-order chi connectivity index (χ1) is 13.5. The predicted molar refractivity (Wildman–Crippen MR) is 108 cm³/mol. The summed E-state index contributed by atoms with van der Waals surface area (Å²) in [6, 6.07) is 10.8. The number of rotatable bonds is 4. The van der Waals surface area contributed by atoms with Gasteiger partial charge in [0.15, 0.2) is 0 Å². The molecule has 4 atom stereocenters. The Hall–Kier alpha value is -1.63. The minimum Gasteiger partial charge on any atom is -0.391 e. The molecular weight excluding hydrogens is 354 g/mol. The van der Waals surface area contributed by atoms with Gasteiger partial charge >= 0.3 is 6.03 Å². The molecule has 154 valence electrons. The second kappa shape index (κ2) is 8.01. The molecule has 28 heavy (non-hydrogen) atoms. The molecule has 0 aromatic heterocycles. The Labute approximate surface area is 167 Å². The van der Waals surface area contributed by atoms with Crippen LogP contribution in [0, 0.1) is 11.3 Å². The number of aliphatic hydroxyl groups excluding tert-OH is 1. The summed E-state index contributed by atoms with van der Waals surface area (Å²) >= 11 is 0. The van der Waals surface area contributed by atoms with E-state index in [2.05, 4.69) is 54.4 Å². The summed E-state index contributed by atoms with van der Waals surface area (Å²) in [6.45, 7) is 8.92. The van der Waals surface area contributed by atoms with Gasteiger partial charge in [0.2, 0.25) is 0 Å². The lowest BCUT2D eigenvalue weighted by molar-refractivity contribution is -0.105. The van der Waals surface area contributed by atoms with Crippen molar-refractivity contribution < 1.29 is 14.6 Å². The lowest BCUT2D eigenvalue weighted by atomic mass is 9.65. The standard InChI is InChI=1S/C22H33N3O3/c1-16(2)20-22(15-25(20)14-17-6-4-3-5-7-17)12-18(19(26)13-22)23-21(27)24-8-10-28-11-9-24/h3-7,16,18-20,26H,8-15H2,1-2H3,(H,23,27)/t18-,19-,20?,22?/m1/s1. The largest absolute Gasteiger partial charge is 0.391 e. The van der Waals surface area contributed by atoms with E-state index in [-0.39, 0.29) is 17.5 Å². The number of benzene rings is 1. The first-order valence-corrected chi connectivity index (χ1v) is 10.6. The minimum atomic E-state index is -0.467. The average molecular weight is 388 g/mol. The molecule has 4 rings (SSSR count). The summed E-state index contributed by atoms with van der Waals surface area (Å²) in [4.78, 5) is 16.9. The van der Waals surface area contributed by atoms with E-state index in [1.54, 1.807) is 4.90 Å². The summed E-state index contributed by atoms with van der Waals surface area (Å²) in [5, 5.41) is 13.8. The summed E-state index contributed by atoms with van der Waals surface area (Å²) in [7, 11) is 0. The van der Waals surface area contributed by atoms with Gasteiger partial charge in [-0.15, -0.1) is 0 Å². The Bertz CT molecular complexity index is 677. The lowest BCUT2D eigenvalue weighted by Crippen LogP contribution is -2.65. The van der Waals surface area contributed by atoms with Crippen LogP contribution in [0.25, 0.3) is 0 Å². The number of morpholine rings is 1. The zero-order valence-corrected chi connectivity index (χ0v) is 17.0. The number of ether oxygens (including phenoxy) is 1. The third kappa shape index (κ3) is 3.78. The molecule has 6 heteroatoms. The number of nitrogens with one attached hydrogen (secondary N) is 1. The highest BCUT2D eigenvalue weighted by Crippen LogP contribution is 2.53. The van der Waals surface area contributed by atoms with Crippen molar-refractivity contribution in [3.8, 4) is 0 Å². The second-order valence-corrected chi connectivity index (χ2v) is 9.07. The van der Waals surface area contributed by atoms with Crippen LogP contribution in [0.1, 0.15) is 32.3 Å². The van der Waals surface area contributed by atoms with Gasteiger partial charge in [-0.05, 0) is 24.3 Å². The van der Waals surface area contributed by atoms with Crippen molar-refractivity contribution in [2.75, 3.05) is 32.8 Å². The Kier molecular flexibility index (Phi) is 5.63. The number of aliphatic hydroxyl groups is 1. The molecule has 3 aliphatic rings. The first-order valence-electron chi connectivity index (χ1n) is 10.6. The Morgan fingerprint density at radius 3 is 2.64 bits per heavy atom. The molecule has 1 saturated carbocycles. The zero-order chi connectivity index (χ0) is 19.7. The average Bonchev–Trinajstić information content (AvgIpc) is 2.99. The molecular formula is C22H33N3O3. The molecule has 2 aliphatic heterocycles. The molecule has 2 saturated heterocycles. The molecule has 1 aromatic rings. The van der Waals surface area contributed by atoms with Crippen LogP contribution >= 0.6 is 0 Å². The van der Waals surface area contributed by atoms with Crippen molar-refractivity contribution in [1.82, 2.24) is 15.1 Å². The number of carbonyl (C=O) groups excluding carboxylic acids is 1. The van der Waals surface area contributed by atoms with Gasteiger partial charge in [0, 0.05) is 37.6 Å². The first kappa shape index (κ1) is 19.7. The second-order valence-electron chi connectivity index (χ2n) is 9.07. The van der Waals surface area contributed by atoms with Crippen molar-refractivity contribution in [3.63, 3.8) is 0 Å². The van der Waals surface area contributed by atoms with E-state index in [0.717, 1.165) is 25.9 Å². The van der Waals surface area contributed by atoms with Crippen LogP contribution in [0.5, 0.6) is 0 Å². The van der Waals surface area contributed by atoms with Gasteiger partial charge in [-0.1, -0.05) is 44.2 Å². The van der Waals surface area contributed by atoms with Crippen LogP contribution in [-0.2, 0) is 11.3 Å². The zero-order valence-electron chi connectivity index (χ0n) is 17.0. The molecule has 0 radical (unpaired) electrons. The third-order valence-electron chi connectivity index (χ3n) is 6.71. The fourth-order valence-corrected chi connectivity index (χ4v) is 5.72. The molecule has 1 spiro atoms. The fourth-order valence-electron chi connectivity index (χ4n) is 5.72. The molecule has 2 heterocycles. The van der Waals surface area contributed by atoms with E-state index in [4.69, 9.17) is 4.74 Å². The molecule has 2 amide bonds. The van der Waals surface area contributed by atoms with E-state index in [9.17, 15) is 9.90 Å². The van der Waals surface area contributed by atoms with Crippen LogP contribution in [0.2, 0.25) is 0 Å². The highest BCUT2D eigenvalue weighted by atomic mass is 16.5. The molecule has 1 aromatic carbocycles. The molecule has 2 N–H and O–H groups in total. The maximum atomic E-state index is 12.6. The van der Waals surface area contributed by atoms with Crippen molar-refractivity contribution in [3.05, 3.63) is 35.9 Å². The molecule has 6 nitrogen and oxygen atoms in total. The monoisotopic (exact) mass is 387 g/mol. The third-order valence-corrected chi connectivity index (χ3v) is 6.71. The van der Waals surface area contributed by atoms with E-state index in [0.29, 0.717) is 38.3 Å². The summed E-state index contributed by atoms with van der Waals surface area (Å²) in [5.41, 5.74) is 1.43. The van der Waals surface area contributed by atoms with Crippen molar-refractivity contribution in [2.24, 2.45) is 11.3 Å². The molecule has 1 aliphatic carbocycles. The van der Waals surface area contributed by atoms with Crippen molar-refractivity contribution in [1.29, 1.82) is 0 Å². The van der Waals surface area contributed by atoms with Crippen molar-refractivity contribution in [2.45, 2.75) is 51.4 Å². The number of urea groups is 1. The minimum absolute atomic E-state index is 0.0639. The predicted octanol–water partition coefficient (Wildman–Crippen LogP) is 2.08. The maximum Gasteiger partial charge on any atom is 0.317 e. The lowest BCUT2D eigenvalue weighted by Gasteiger charge is -2.58. The number of nitrogens with zero attached hydrogens (tertiary/aromatic N) is 2. The number of amides is 2. The number of likely N-dealkylation sites (tertiary alicyclic amines) is 1. The quantitative estimate of drug-likeness (QED) is 0.830. The van der Waals surface area contributed by atoms with Crippen molar-refractivity contribution >= 4 is 6.03 Å². The van der Waals surface area contributed by atoms with Gasteiger partial charge in [-0.2, -0.15) is 0 Å². The molecule has 3 fully saturated rings. The van der Waals surface area contributed by atoms with Crippen LogP contribution in [0.15, 0.2) is 30.3 Å². The molecule has 2 unspecified atom stereocenters.